The molecule has 1 aliphatic rings. The zero-order valence-corrected chi connectivity index (χ0v) is 11.0. The van der Waals surface area contributed by atoms with E-state index in [1.165, 1.54) is 11.1 Å². The minimum atomic E-state index is -0.0743. The molecule has 0 radical (unpaired) electrons. The highest BCUT2D eigenvalue weighted by Gasteiger charge is 2.27. The average Bonchev–Trinajstić information content (AvgIpc) is 2.90. The summed E-state index contributed by atoms with van der Waals surface area (Å²) in [7, 11) is 0. The third-order valence-corrected chi connectivity index (χ3v) is 3.85. The second-order valence-electron chi connectivity index (χ2n) is 5.08. The smallest absolute Gasteiger partial charge is 0.179 e. The summed E-state index contributed by atoms with van der Waals surface area (Å²) in [5, 5.41) is 0. The van der Waals surface area contributed by atoms with Crippen LogP contribution in [0.5, 0.6) is 0 Å². The van der Waals surface area contributed by atoms with Crippen LogP contribution in [0.25, 0.3) is 0 Å². The average molecular weight is 251 g/mol. The molecule has 1 atom stereocenters. The van der Waals surface area contributed by atoms with E-state index < -0.39 is 0 Å². The Morgan fingerprint density at radius 1 is 0.947 bits per heavy atom. The lowest BCUT2D eigenvalue weighted by molar-refractivity contribution is 0.0835. The van der Waals surface area contributed by atoms with Crippen LogP contribution in [0.3, 0.4) is 0 Å². The van der Waals surface area contributed by atoms with E-state index in [0.717, 1.165) is 18.7 Å². The molecule has 3 rings (SSSR count). The topological polar surface area (TPSA) is 20.3 Å². The number of Topliss-reactive ketones (excluding diaryl/α,β-unsaturated/α-hetero) is 1. The molecular weight excluding hydrogens is 234 g/mol. The number of ketones is 1. The van der Waals surface area contributed by atoms with Crippen LogP contribution >= 0.6 is 0 Å². The molecule has 0 N–H and O–H groups in total. The van der Waals surface area contributed by atoms with E-state index in [1.807, 2.05) is 37.3 Å². The van der Waals surface area contributed by atoms with Crippen LogP contribution < -0.4 is 0 Å². The second kappa shape index (κ2) is 4.98. The maximum Gasteiger partial charge on any atom is 0.179 e. The lowest BCUT2D eigenvalue weighted by Crippen LogP contribution is -2.35. The molecule has 2 nitrogen and oxygen atoms in total. The molecule has 0 aliphatic carbocycles. The molecule has 2 aromatic rings. The standard InChI is InChI=1S/C17H17NO/c1-13(17(19)14-7-3-2-4-8-14)18-11-15-9-5-6-10-16(15)12-18/h2-10,13H,11-12H2,1H3. The Labute approximate surface area is 113 Å². The zero-order valence-electron chi connectivity index (χ0n) is 11.0. The third-order valence-electron chi connectivity index (χ3n) is 3.85. The third kappa shape index (κ3) is 2.32. The number of hydrogen-bond acceptors (Lipinski definition) is 2. The quantitative estimate of drug-likeness (QED) is 0.780. The first-order chi connectivity index (χ1) is 9.25. The molecule has 0 fully saturated rings. The first-order valence-electron chi connectivity index (χ1n) is 6.66. The number of carbonyl (C=O) groups is 1. The van der Waals surface area contributed by atoms with Gasteiger partial charge < -0.3 is 0 Å². The molecule has 0 bridgehead atoms. The van der Waals surface area contributed by atoms with Gasteiger partial charge in [-0.3, -0.25) is 9.69 Å². The molecule has 1 heterocycles. The molecule has 0 saturated heterocycles. The summed E-state index contributed by atoms with van der Waals surface area (Å²) in [5.41, 5.74) is 3.48. The summed E-state index contributed by atoms with van der Waals surface area (Å²) < 4.78 is 0. The highest BCUT2D eigenvalue weighted by atomic mass is 16.1. The van der Waals surface area contributed by atoms with Gasteiger partial charge in [0.15, 0.2) is 5.78 Å². The predicted molar refractivity (Wildman–Crippen MR) is 75.9 cm³/mol. The van der Waals surface area contributed by atoms with Crippen LogP contribution in [0.2, 0.25) is 0 Å². The molecule has 1 unspecified atom stereocenters. The van der Waals surface area contributed by atoms with Crippen molar-refractivity contribution in [3.63, 3.8) is 0 Å². The van der Waals surface area contributed by atoms with Gasteiger partial charge >= 0.3 is 0 Å². The SMILES string of the molecule is CC(C(=O)c1ccccc1)N1Cc2ccccc2C1. The van der Waals surface area contributed by atoms with Crippen LogP contribution in [0.4, 0.5) is 0 Å². The summed E-state index contributed by atoms with van der Waals surface area (Å²) in [6.45, 7) is 3.74. The van der Waals surface area contributed by atoms with E-state index in [1.54, 1.807) is 0 Å². The van der Waals surface area contributed by atoms with Crippen molar-refractivity contribution >= 4 is 5.78 Å². The van der Waals surface area contributed by atoms with Crippen molar-refractivity contribution in [2.24, 2.45) is 0 Å². The Kier molecular flexibility index (Phi) is 3.18. The Morgan fingerprint density at radius 2 is 1.47 bits per heavy atom. The van der Waals surface area contributed by atoms with Gasteiger partial charge in [-0.1, -0.05) is 54.6 Å². The van der Waals surface area contributed by atoms with Gasteiger partial charge in [-0.2, -0.15) is 0 Å². The van der Waals surface area contributed by atoms with E-state index in [-0.39, 0.29) is 11.8 Å². The van der Waals surface area contributed by atoms with Crippen molar-refractivity contribution in [3.05, 3.63) is 71.3 Å². The summed E-state index contributed by atoms with van der Waals surface area (Å²) in [6, 6.07) is 17.9. The summed E-state index contributed by atoms with van der Waals surface area (Å²) >= 11 is 0. The fraction of sp³-hybridized carbons (Fsp3) is 0.235. The van der Waals surface area contributed by atoms with E-state index >= 15 is 0 Å². The number of carbonyl (C=O) groups excluding carboxylic acids is 1. The number of rotatable bonds is 3. The zero-order chi connectivity index (χ0) is 13.2. The van der Waals surface area contributed by atoms with E-state index in [4.69, 9.17) is 0 Å². The molecule has 0 aromatic heterocycles. The van der Waals surface area contributed by atoms with Gasteiger partial charge in [0.25, 0.3) is 0 Å². The molecule has 2 heteroatoms. The normalized spacial score (nSPS) is 16.1. The number of nitrogens with zero attached hydrogens (tertiary/aromatic N) is 1. The fourth-order valence-electron chi connectivity index (χ4n) is 2.64. The predicted octanol–water partition coefficient (Wildman–Crippen LogP) is 3.27. The summed E-state index contributed by atoms with van der Waals surface area (Å²) in [4.78, 5) is 14.7. The van der Waals surface area contributed by atoms with Crippen molar-refractivity contribution in [1.29, 1.82) is 0 Å². The van der Waals surface area contributed by atoms with Crippen LogP contribution in [-0.4, -0.2) is 16.7 Å². The largest absolute Gasteiger partial charge is 0.292 e. The molecule has 0 amide bonds. The van der Waals surface area contributed by atoms with Crippen molar-refractivity contribution in [2.45, 2.75) is 26.1 Å². The van der Waals surface area contributed by atoms with Crippen molar-refractivity contribution in [1.82, 2.24) is 4.90 Å². The lowest BCUT2D eigenvalue weighted by atomic mass is 10.0. The fourth-order valence-corrected chi connectivity index (χ4v) is 2.64. The monoisotopic (exact) mass is 251 g/mol. The molecule has 2 aromatic carbocycles. The van der Waals surface area contributed by atoms with Crippen LogP contribution in [0.15, 0.2) is 54.6 Å². The van der Waals surface area contributed by atoms with Gasteiger partial charge in [-0.05, 0) is 18.1 Å². The van der Waals surface area contributed by atoms with Gasteiger partial charge in [0, 0.05) is 18.7 Å². The Bertz CT molecular complexity index is 566. The maximum absolute atomic E-state index is 12.4. The van der Waals surface area contributed by atoms with Gasteiger partial charge in [-0.15, -0.1) is 0 Å². The maximum atomic E-state index is 12.4. The summed E-state index contributed by atoms with van der Waals surface area (Å²) in [5.74, 6) is 0.202. The molecule has 0 spiro atoms. The molecule has 1 aliphatic heterocycles. The minimum absolute atomic E-state index is 0.0743. The van der Waals surface area contributed by atoms with Gasteiger partial charge in [0.2, 0.25) is 0 Å². The van der Waals surface area contributed by atoms with E-state index in [0.29, 0.717) is 0 Å². The highest BCUT2D eigenvalue weighted by molar-refractivity contribution is 5.99. The van der Waals surface area contributed by atoms with Crippen molar-refractivity contribution < 1.29 is 4.79 Å². The summed E-state index contributed by atoms with van der Waals surface area (Å²) in [6.07, 6.45) is 0. The Morgan fingerprint density at radius 3 is 2.05 bits per heavy atom. The van der Waals surface area contributed by atoms with Gasteiger partial charge in [0.1, 0.15) is 0 Å². The highest BCUT2D eigenvalue weighted by Crippen LogP contribution is 2.25. The Hall–Kier alpha value is -1.93. The van der Waals surface area contributed by atoms with Crippen LogP contribution in [0, 0.1) is 0 Å². The lowest BCUT2D eigenvalue weighted by Gasteiger charge is -2.22. The van der Waals surface area contributed by atoms with E-state index in [2.05, 4.69) is 29.2 Å². The van der Waals surface area contributed by atoms with Gasteiger partial charge in [0.05, 0.1) is 6.04 Å². The molecular formula is C17H17NO. The number of benzene rings is 2. The van der Waals surface area contributed by atoms with Crippen molar-refractivity contribution in [2.75, 3.05) is 0 Å². The molecule has 0 saturated carbocycles. The number of fused-ring (bicyclic) bond motifs is 1. The van der Waals surface area contributed by atoms with Crippen LogP contribution in [0.1, 0.15) is 28.4 Å². The second-order valence-corrected chi connectivity index (χ2v) is 5.08. The first-order valence-corrected chi connectivity index (χ1v) is 6.66. The minimum Gasteiger partial charge on any atom is -0.292 e. The molecule has 96 valence electrons. The molecule has 19 heavy (non-hydrogen) atoms. The Balaban J connectivity index is 1.77. The number of hydrogen-bond donors (Lipinski definition) is 0. The van der Waals surface area contributed by atoms with Crippen LogP contribution in [-0.2, 0) is 13.1 Å². The first kappa shape index (κ1) is 12.1. The van der Waals surface area contributed by atoms with Crippen molar-refractivity contribution in [3.8, 4) is 0 Å². The van der Waals surface area contributed by atoms with Gasteiger partial charge in [-0.25, -0.2) is 0 Å². The van der Waals surface area contributed by atoms with E-state index in [9.17, 15) is 4.79 Å².